The van der Waals surface area contributed by atoms with Crippen molar-refractivity contribution in [2.75, 3.05) is 5.75 Å². The zero-order chi connectivity index (χ0) is 20.4. The molecule has 0 aliphatic carbocycles. The van der Waals surface area contributed by atoms with E-state index >= 15 is 0 Å². The minimum Gasteiger partial charge on any atom is -0.406 e. The molecule has 13 heteroatoms. The third-order valence-electron chi connectivity index (χ3n) is 3.78. The Morgan fingerprint density at radius 1 is 1.10 bits per heavy atom. The zero-order valence-electron chi connectivity index (χ0n) is 14.5. The number of pyridine rings is 1. The highest BCUT2D eigenvalue weighted by atomic mass is 32.2. The SMILES string of the molecule is O=c1n(CCSc2nnnn2-c2ccc(OC(F)(F)F)cc2)nc2ccccn12. The van der Waals surface area contributed by atoms with Gasteiger partial charge in [-0.25, -0.2) is 9.48 Å². The molecule has 0 unspecified atom stereocenters. The second-order valence-electron chi connectivity index (χ2n) is 5.70. The maximum Gasteiger partial charge on any atom is 0.573 e. The number of benzene rings is 1. The normalized spacial score (nSPS) is 11.8. The third-order valence-corrected chi connectivity index (χ3v) is 4.68. The van der Waals surface area contributed by atoms with Crippen LogP contribution >= 0.6 is 11.8 Å². The molecule has 0 radical (unpaired) electrons. The molecular weight excluding hydrogens is 411 g/mol. The Morgan fingerprint density at radius 2 is 1.90 bits per heavy atom. The standard InChI is InChI=1S/C16H12F3N7O2S/c17-16(18,19)28-12-6-4-11(5-7-12)26-14(20-22-23-26)29-10-9-25-15(27)24-8-2-1-3-13(24)21-25/h1-8H,9-10H2. The number of rotatable bonds is 6. The molecule has 3 heterocycles. The summed E-state index contributed by atoms with van der Waals surface area (Å²) < 4.78 is 44.8. The molecule has 0 N–H and O–H groups in total. The van der Waals surface area contributed by atoms with E-state index in [2.05, 4.69) is 25.4 Å². The van der Waals surface area contributed by atoms with Gasteiger partial charge >= 0.3 is 12.1 Å². The fraction of sp³-hybridized carbons (Fsp3) is 0.188. The van der Waals surface area contributed by atoms with Gasteiger partial charge in [0.15, 0.2) is 5.65 Å². The first-order valence-electron chi connectivity index (χ1n) is 8.22. The maximum absolute atomic E-state index is 12.3. The van der Waals surface area contributed by atoms with Crippen molar-refractivity contribution in [1.29, 1.82) is 0 Å². The van der Waals surface area contributed by atoms with E-state index < -0.39 is 6.36 Å². The highest BCUT2D eigenvalue weighted by Gasteiger charge is 2.31. The van der Waals surface area contributed by atoms with E-state index in [1.807, 2.05) is 0 Å². The summed E-state index contributed by atoms with van der Waals surface area (Å²) in [6.45, 7) is 0.330. The van der Waals surface area contributed by atoms with Crippen molar-refractivity contribution in [3.8, 4) is 11.4 Å². The molecule has 0 bridgehead atoms. The van der Waals surface area contributed by atoms with Crippen LogP contribution in [-0.2, 0) is 6.54 Å². The van der Waals surface area contributed by atoms with Gasteiger partial charge in [-0.15, -0.1) is 23.4 Å². The Balaban J connectivity index is 1.44. The molecule has 0 amide bonds. The van der Waals surface area contributed by atoms with Gasteiger partial charge in [0.25, 0.3) is 0 Å². The van der Waals surface area contributed by atoms with Crippen molar-refractivity contribution in [3.05, 3.63) is 59.1 Å². The molecule has 1 aromatic carbocycles. The number of tetrazole rings is 1. The van der Waals surface area contributed by atoms with Gasteiger partial charge in [-0.3, -0.25) is 4.40 Å². The molecule has 4 aromatic rings. The van der Waals surface area contributed by atoms with Crippen molar-refractivity contribution in [2.45, 2.75) is 18.1 Å². The largest absolute Gasteiger partial charge is 0.573 e. The molecule has 9 nitrogen and oxygen atoms in total. The Morgan fingerprint density at radius 3 is 2.62 bits per heavy atom. The maximum atomic E-state index is 12.3. The topological polar surface area (TPSA) is 92.1 Å². The van der Waals surface area contributed by atoms with Gasteiger partial charge in [0.2, 0.25) is 5.16 Å². The van der Waals surface area contributed by atoms with Crippen molar-refractivity contribution >= 4 is 17.4 Å². The first-order valence-corrected chi connectivity index (χ1v) is 9.21. The van der Waals surface area contributed by atoms with Gasteiger partial charge in [0, 0.05) is 11.9 Å². The van der Waals surface area contributed by atoms with E-state index in [4.69, 9.17) is 0 Å². The summed E-state index contributed by atoms with van der Waals surface area (Å²) in [6, 6.07) is 10.4. The molecule has 3 aromatic heterocycles. The molecule has 0 saturated heterocycles. The summed E-state index contributed by atoms with van der Waals surface area (Å²) in [4.78, 5) is 12.3. The smallest absolute Gasteiger partial charge is 0.406 e. The van der Waals surface area contributed by atoms with Crippen LogP contribution in [0.2, 0.25) is 0 Å². The minimum absolute atomic E-state index is 0.249. The predicted octanol–water partition coefficient (Wildman–Crippen LogP) is 2.16. The van der Waals surface area contributed by atoms with Crippen molar-refractivity contribution in [1.82, 2.24) is 34.4 Å². The number of ether oxygens (including phenoxy) is 1. The Bertz CT molecular complexity index is 1180. The number of aromatic nitrogens is 7. The molecule has 29 heavy (non-hydrogen) atoms. The number of nitrogens with zero attached hydrogens (tertiary/aromatic N) is 7. The first-order chi connectivity index (χ1) is 13.9. The van der Waals surface area contributed by atoms with Crippen molar-refractivity contribution in [2.24, 2.45) is 0 Å². The Hall–Kier alpha value is -3.35. The highest BCUT2D eigenvalue weighted by molar-refractivity contribution is 7.99. The van der Waals surface area contributed by atoms with E-state index in [0.29, 0.717) is 28.8 Å². The van der Waals surface area contributed by atoms with Crippen molar-refractivity contribution in [3.63, 3.8) is 0 Å². The van der Waals surface area contributed by atoms with Crippen molar-refractivity contribution < 1.29 is 17.9 Å². The number of hydrogen-bond acceptors (Lipinski definition) is 7. The lowest BCUT2D eigenvalue weighted by atomic mass is 10.3. The lowest BCUT2D eigenvalue weighted by Crippen LogP contribution is -2.22. The molecule has 0 fully saturated rings. The average Bonchev–Trinajstić information content (AvgIpc) is 3.27. The van der Waals surface area contributed by atoms with Crippen LogP contribution in [0.5, 0.6) is 5.75 Å². The van der Waals surface area contributed by atoms with Gasteiger partial charge in [-0.05, 0) is 46.8 Å². The van der Waals surface area contributed by atoms with E-state index in [9.17, 15) is 18.0 Å². The van der Waals surface area contributed by atoms with Crippen LogP contribution in [0.1, 0.15) is 0 Å². The van der Waals surface area contributed by atoms with Crippen LogP contribution in [0.4, 0.5) is 13.2 Å². The quantitative estimate of drug-likeness (QED) is 0.439. The van der Waals surface area contributed by atoms with Crippen LogP contribution in [-0.4, -0.2) is 46.5 Å². The van der Waals surface area contributed by atoms with E-state index in [1.165, 1.54) is 49.8 Å². The summed E-state index contributed by atoms with van der Waals surface area (Å²) >= 11 is 1.28. The fourth-order valence-electron chi connectivity index (χ4n) is 2.56. The number of thioether (sulfide) groups is 1. The fourth-order valence-corrected chi connectivity index (χ4v) is 3.36. The Kier molecular flexibility index (Phi) is 4.96. The lowest BCUT2D eigenvalue weighted by molar-refractivity contribution is -0.274. The van der Waals surface area contributed by atoms with E-state index in [0.717, 1.165) is 0 Å². The molecule has 4 rings (SSSR count). The summed E-state index contributed by atoms with van der Waals surface area (Å²) in [7, 11) is 0. The molecule has 0 aliphatic heterocycles. The van der Waals surface area contributed by atoms with Crippen LogP contribution in [0.25, 0.3) is 11.3 Å². The minimum atomic E-state index is -4.76. The summed E-state index contributed by atoms with van der Waals surface area (Å²) in [5, 5.41) is 16.0. The summed E-state index contributed by atoms with van der Waals surface area (Å²) in [6.07, 6.45) is -3.12. The van der Waals surface area contributed by atoms with Crippen LogP contribution < -0.4 is 10.4 Å². The van der Waals surface area contributed by atoms with Gasteiger partial charge < -0.3 is 4.74 Å². The molecule has 0 saturated carbocycles. The predicted molar refractivity (Wildman–Crippen MR) is 96.0 cm³/mol. The summed E-state index contributed by atoms with van der Waals surface area (Å²) in [5.74, 6) is 0.120. The van der Waals surface area contributed by atoms with Crippen LogP contribution in [0, 0.1) is 0 Å². The van der Waals surface area contributed by atoms with Crippen LogP contribution in [0.3, 0.4) is 0 Å². The number of fused-ring (bicyclic) bond motifs is 1. The zero-order valence-corrected chi connectivity index (χ0v) is 15.3. The Labute approximate surface area is 164 Å². The molecule has 150 valence electrons. The average molecular weight is 423 g/mol. The number of halogens is 3. The van der Waals surface area contributed by atoms with Gasteiger partial charge in [0.1, 0.15) is 5.75 Å². The second-order valence-corrected chi connectivity index (χ2v) is 6.76. The monoisotopic (exact) mass is 423 g/mol. The van der Waals surface area contributed by atoms with Gasteiger partial charge in [-0.1, -0.05) is 17.8 Å². The number of aryl methyl sites for hydroxylation is 1. The molecule has 0 aliphatic rings. The number of alkyl halides is 3. The lowest BCUT2D eigenvalue weighted by Gasteiger charge is -2.09. The van der Waals surface area contributed by atoms with Crippen LogP contribution in [0.15, 0.2) is 58.6 Å². The highest BCUT2D eigenvalue weighted by Crippen LogP contribution is 2.25. The van der Waals surface area contributed by atoms with E-state index in [1.54, 1.807) is 24.4 Å². The third kappa shape index (κ3) is 4.23. The molecule has 0 spiro atoms. The molecular formula is C16H12F3N7O2S. The van der Waals surface area contributed by atoms with Gasteiger partial charge in [-0.2, -0.15) is 4.68 Å². The van der Waals surface area contributed by atoms with E-state index in [-0.39, 0.29) is 11.4 Å². The first kappa shape index (κ1) is 19.0. The molecule has 0 atom stereocenters. The number of hydrogen-bond donors (Lipinski definition) is 0. The van der Waals surface area contributed by atoms with Gasteiger partial charge in [0.05, 0.1) is 12.2 Å². The summed E-state index contributed by atoms with van der Waals surface area (Å²) in [5.41, 5.74) is 0.770. The second kappa shape index (κ2) is 7.58.